The van der Waals surface area contributed by atoms with Gasteiger partial charge in [-0.3, -0.25) is 4.98 Å². The SMILES string of the molecule is CCCc1nc(NC)cc(-c2ccncc2C)n1. The Bertz CT molecular complexity index is 537. The second kappa shape index (κ2) is 5.58. The summed E-state index contributed by atoms with van der Waals surface area (Å²) in [5, 5.41) is 3.09. The molecular weight excluding hydrogens is 224 g/mol. The summed E-state index contributed by atoms with van der Waals surface area (Å²) in [6, 6.07) is 3.97. The van der Waals surface area contributed by atoms with Crippen LogP contribution in [0.15, 0.2) is 24.5 Å². The third kappa shape index (κ3) is 2.64. The molecule has 2 heterocycles. The van der Waals surface area contributed by atoms with Gasteiger partial charge in [0.25, 0.3) is 0 Å². The highest BCUT2D eigenvalue weighted by Crippen LogP contribution is 2.22. The summed E-state index contributed by atoms with van der Waals surface area (Å²) in [5.41, 5.74) is 3.19. The Hall–Kier alpha value is -1.97. The molecule has 0 amide bonds. The minimum atomic E-state index is 0.861. The van der Waals surface area contributed by atoms with Crippen LogP contribution in [0.4, 0.5) is 5.82 Å². The zero-order chi connectivity index (χ0) is 13.0. The minimum Gasteiger partial charge on any atom is -0.373 e. The number of nitrogens with zero attached hydrogens (tertiary/aromatic N) is 3. The van der Waals surface area contributed by atoms with Crippen LogP contribution >= 0.6 is 0 Å². The van der Waals surface area contributed by atoms with Crippen LogP contribution in [0.5, 0.6) is 0 Å². The molecule has 0 atom stereocenters. The van der Waals surface area contributed by atoms with Crippen molar-refractivity contribution in [2.75, 3.05) is 12.4 Å². The van der Waals surface area contributed by atoms with Gasteiger partial charge in [0.2, 0.25) is 0 Å². The molecule has 0 unspecified atom stereocenters. The van der Waals surface area contributed by atoms with Crippen molar-refractivity contribution in [1.29, 1.82) is 0 Å². The molecule has 2 aromatic heterocycles. The van der Waals surface area contributed by atoms with Crippen LogP contribution in [0.3, 0.4) is 0 Å². The third-order valence-corrected chi connectivity index (χ3v) is 2.80. The predicted molar refractivity (Wildman–Crippen MR) is 73.5 cm³/mol. The second-order valence-electron chi connectivity index (χ2n) is 4.25. The van der Waals surface area contributed by atoms with Crippen molar-refractivity contribution in [3.05, 3.63) is 35.9 Å². The van der Waals surface area contributed by atoms with E-state index >= 15 is 0 Å². The molecule has 0 fully saturated rings. The van der Waals surface area contributed by atoms with Crippen LogP contribution in [0.2, 0.25) is 0 Å². The van der Waals surface area contributed by atoms with E-state index in [1.807, 2.05) is 32.3 Å². The summed E-state index contributed by atoms with van der Waals surface area (Å²) in [6.07, 6.45) is 5.59. The van der Waals surface area contributed by atoms with Gasteiger partial charge in [0.05, 0.1) is 5.69 Å². The molecule has 2 rings (SSSR count). The predicted octanol–water partition coefficient (Wildman–Crippen LogP) is 2.84. The van der Waals surface area contributed by atoms with E-state index in [1.165, 1.54) is 0 Å². The second-order valence-corrected chi connectivity index (χ2v) is 4.25. The number of aryl methyl sites for hydroxylation is 2. The Morgan fingerprint density at radius 1 is 1.28 bits per heavy atom. The van der Waals surface area contributed by atoms with Gasteiger partial charge in [-0.1, -0.05) is 6.92 Å². The summed E-state index contributed by atoms with van der Waals surface area (Å²) in [7, 11) is 1.88. The van der Waals surface area contributed by atoms with Gasteiger partial charge in [-0.05, 0) is 25.0 Å². The highest BCUT2D eigenvalue weighted by Gasteiger charge is 2.07. The van der Waals surface area contributed by atoms with Crippen LogP contribution in [0, 0.1) is 6.92 Å². The van der Waals surface area contributed by atoms with Crippen LogP contribution in [-0.4, -0.2) is 22.0 Å². The Morgan fingerprint density at radius 2 is 2.11 bits per heavy atom. The molecule has 0 spiro atoms. The number of anilines is 1. The molecule has 0 radical (unpaired) electrons. The summed E-state index contributed by atoms with van der Waals surface area (Å²) < 4.78 is 0. The number of hydrogen-bond acceptors (Lipinski definition) is 4. The van der Waals surface area contributed by atoms with E-state index in [0.717, 1.165) is 41.3 Å². The van der Waals surface area contributed by atoms with Crippen LogP contribution in [-0.2, 0) is 6.42 Å². The quantitative estimate of drug-likeness (QED) is 0.895. The number of aromatic nitrogens is 3. The highest BCUT2D eigenvalue weighted by molar-refractivity contribution is 5.65. The van der Waals surface area contributed by atoms with Gasteiger partial charge in [-0.25, -0.2) is 9.97 Å². The van der Waals surface area contributed by atoms with Gasteiger partial charge >= 0.3 is 0 Å². The third-order valence-electron chi connectivity index (χ3n) is 2.80. The van der Waals surface area contributed by atoms with E-state index in [4.69, 9.17) is 0 Å². The molecule has 0 saturated heterocycles. The smallest absolute Gasteiger partial charge is 0.131 e. The molecule has 0 aliphatic carbocycles. The van der Waals surface area contributed by atoms with E-state index in [9.17, 15) is 0 Å². The first-order valence-corrected chi connectivity index (χ1v) is 6.21. The molecule has 94 valence electrons. The molecule has 2 aromatic rings. The van der Waals surface area contributed by atoms with Gasteiger partial charge in [0, 0.05) is 37.5 Å². The van der Waals surface area contributed by atoms with E-state index < -0.39 is 0 Å². The molecule has 1 N–H and O–H groups in total. The highest BCUT2D eigenvalue weighted by atomic mass is 15.0. The maximum Gasteiger partial charge on any atom is 0.131 e. The van der Waals surface area contributed by atoms with Crippen LogP contribution < -0.4 is 5.32 Å². The average molecular weight is 242 g/mol. The van der Waals surface area contributed by atoms with Crippen molar-refractivity contribution in [1.82, 2.24) is 15.0 Å². The molecule has 4 heteroatoms. The molecule has 0 aliphatic rings. The summed E-state index contributed by atoms with van der Waals surface area (Å²) in [6.45, 7) is 4.18. The van der Waals surface area contributed by atoms with E-state index in [2.05, 4.69) is 27.2 Å². The zero-order valence-electron chi connectivity index (χ0n) is 11.1. The van der Waals surface area contributed by atoms with Gasteiger partial charge < -0.3 is 5.32 Å². The molecule has 0 aliphatic heterocycles. The fourth-order valence-corrected chi connectivity index (χ4v) is 1.86. The normalized spacial score (nSPS) is 10.4. The summed E-state index contributed by atoms with van der Waals surface area (Å²) >= 11 is 0. The van der Waals surface area contributed by atoms with Gasteiger partial charge in [0.1, 0.15) is 11.6 Å². The lowest BCUT2D eigenvalue weighted by molar-refractivity contribution is 0.838. The lowest BCUT2D eigenvalue weighted by Crippen LogP contribution is -2.02. The van der Waals surface area contributed by atoms with Crippen molar-refractivity contribution in [2.45, 2.75) is 26.7 Å². The molecule has 4 nitrogen and oxygen atoms in total. The zero-order valence-corrected chi connectivity index (χ0v) is 11.1. The topological polar surface area (TPSA) is 50.7 Å². The monoisotopic (exact) mass is 242 g/mol. The lowest BCUT2D eigenvalue weighted by Gasteiger charge is -2.09. The Kier molecular flexibility index (Phi) is 3.87. The first-order valence-electron chi connectivity index (χ1n) is 6.21. The molecule has 0 saturated carbocycles. The van der Waals surface area contributed by atoms with Crippen LogP contribution in [0.1, 0.15) is 24.7 Å². The Morgan fingerprint density at radius 3 is 2.78 bits per heavy atom. The number of pyridine rings is 1. The van der Waals surface area contributed by atoms with Gasteiger partial charge in [0.15, 0.2) is 0 Å². The first kappa shape index (κ1) is 12.5. The maximum absolute atomic E-state index is 4.62. The first-order chi connectivity index (χ1) is 8.74. The molecule has 18 heavy (non-hydrogen) atoms. The molecule has 0 bridgehead atoms. The van der Waals surface area contributed by atoms with Crippen molar-refractivity contribution < 1.29 is 0 Å². The standard InChI is InChI=1S/C14H18N4/c1-4-5-13-17-12(8-14(15-3)18-13)11-6-7-16-9-10(11)2/h6-9H,4-5H2,1-3H3,(H,15,17,18). The maximum atomic E-state index is 4.62. The van der Waals surface area contributed by atoms with Crippen molar-refractivity contribution >= 4 is 5.82 Å². The summed E-state index contributed by atoms with van der Waals surface area (Å²) in [4.78, 5) is 13.2. The number of hydrogen-bond donors (Lipinski definition) is 1. The summed E-state index contributed by atoms with van der Waals surface area (Å²) in [5.74, 6) is 1.75. The number of rotatable bonds is 4. The Balaban J connectivity index is 2.50. The fraction of sp³-hybridized carbons (Fsp3) is 0.357. The largest absolute Gasteiger partial charge is 0.373 e. The number of nitrogens with one attached hydrogen (secondary N) is 1. The van der Waals surface area contributed by atoms with Crippen molar-refractivity contribution in [2.24, 2.45) is 0 Å². The van der Waals surface area contributed by atoms with E-state index in [1.54, 1.807) is 6.20 Å². The minimum absolute atomic E-state index is 0.861. The lowest BCUT2D eigenvalue weighted by atomic mass is 10.1. The van der Waals surface area contributed by atoms with Gasteiger partial charge in [-0.15, -0.1) is 0 Å². The van der Waals surface area contributed by atoms with Crippen LogP contribution in [0.25, 0.3) is 11.3 Å². The van der Waals surface area contributed by atoms with Crippen molar-refractivity contribution in [3.63, 3.8) is 0 Å². The van der Waals surface area contributed by atoms with E-state index in [0.29, 0.717) is 0 Å². The molecule has 0 aromatic carbocycles. The fourth-order valence-electron chi connectivity index (χ4n) is 1.86. The molecular formula is C14H18N4. The average Bonchev–Trinajstić information content (AvgIpc) is 2.39. The van der Waals surface area contributed by atoms with Gasteiger partial charge in [-0.2, -0.15) is 0 Å². The van der Waals surface area contributed by atoms with E-state index in [-0.39, 0.29) is 0 Å². The van der Waals surface area contributed by atoms with Crippen molar-refractivity contribution in [3.8, 4) is 11.3 Å². The Labute approximate surface area is 108 Å².